The third-order valence-corrected chi connectivity index (χ3v) is 6.28. The number of rotatable bonds is 2. The Morgan fingerprint density at radius 1 is 1.04 bits per heavy atom. The van der Waals surface area contributed by atoms with E-state index in [0.29, 0.717) is 6.42 Å². The minimum absolute atomic E-state index is 0.0946. The van der Waals surface area contributed by atoms with Gasteiger partial charge >= 0.3 is 0 Å². The first kappa shape index (κ1) is 20.0. The molecule has 0 N–H and O–H groups in total. The van der Waals surface area contributed by atoms with E-state index in [4.69, 9.17) is 11.6 Å². The highest BCUT2D eigenvalue weighted by Gasteiger charge is 2.23. The molecule has 2 fully saturated rings. The van der Waals surface area contributed by atoms with Crippen LogP contribution in [0.25, 0.3) is 0 Å². The molecule has 0 aromatic heterocycles. The van der Waals surface area contributed by atoms with Crippen molar-refractivity contribution in [2.75, 3.05) is 72.5 Å². The molecule has 2 heterocycles. The zero-order valence-electron chi connectivity index (χ0n) is 16.1. The Bertz CT molecular complexity index is 534. The van der Waals surface area contributed by atoms with E-state index in [1.165, 1.54) is 0 Å². The Kier molecular flexibility index (Phi) is 7.70. The summed E-state index contributed by atoms with van der Waals surface area (Å²) in [6.07, 6.45) is 8.67. The van der Waals surface area contributed by atoms with Crippen LogP contribution in [0.15, 0.2) is 23.8 Å². The number of alkyl halides is 1. The minimum Gasteiger partial charge on any atom is -0.305 e. The maximum absolute atomic E-state index is 12.1. The first-order valence-corrected chi connectivity index (χ1v) is 10.5. The van der Waals surface area contributed by atoms with Crippen molar-refractivity contribution in [2.45, 2.75) is 24.8 Å². The topological polar surface area (TPSA) is 30.0 Å². The molecule has 0 aromatic rings. The van der Waals surface area contributed by atoms with E-state index in [9.17, 15) is 4.79 Å². The number of allylic oxidation sites excluding steroid dienone is 3. The van der Waals surface area contributed by atoms with Crippen LogP contribution in [0.3, 0.4) is 0 Å². The van der Waals surface area contributed by atoms with E-state index in [1.807, 2.05) is 18.2 Å². The second-order valence-corrected chi connectivity index (χ2v) is 8.28. The standard InChI is InChI=1S/C20H33ClN4O/c1-22-10-7-20(21)25-15-13-23(12-11-22)8-4-9-24(14-16-25)17-18-5-2-3-6-19(18)26/h2-3,5,20H,4,6-17H2,1H3. The molecule has 0 saturated carbocycles. The van der Waals surface area contributed by atoms with Crippen LogP contribution < -0.4 is 0 Å². The van der Waals surface area contributed by atoms with Crippen molar-refractivity contribution in [1.82, 2.24) is 19.6 Å². The lowest BCUT2D eigenvalue weighted by Gasteiger charge is -2.37. The fourth-order valence-corrected chi connectivity index (χ4v) is 4.25. The van der Waals surface area contributed by atoms with Crippen LogP contribution >= 0.6 is 11.6 Å². The molecule has 1 aliphatic carbocycles. The maximum Gasteiger partial charge on any atom is 0.163 e. The average Bonchev–Trinajstić information content (AvgIpc) is 2.64. The lowest BCUT2D eigenvalue weighted by Crippen LogP contribution is -2.48. The quantitative estimate of drug-likeness (QED) is 0.537. The fourth-order valence-electron chi connectivity index (χ4n) is 3.95. The van der Waals surface area contributed by atoms with Gasteiger partial charge in [0.25, 0.3) is 0 Å². The van der Waals surface area contributed by atoms with Crippen molar-refractivity contribution in [3.8, 4) is 0 Å². The maximum atomic E-state index is 12.1. The monoisotopic (exact) mass is 380 g/mol. The molecule has 3 unspecified atom stereocenters. The van der Waals surface area contributed by atoms with Crippen molar-refractivity contribution in [3.05, 3.63) is 23.8 Å². The van der Waals surface area contributed by atoms with Crippen molar-refractivity contribution >= 4 is 17.4 Å². The molecular formula is C20H33ClN4O. The Labute approximate surface area is 163 Å². The molecule has 26 heavy (non-hydrogen) atoms. The number of carbonyl (C=O) groups excluding carboxylic acids is 1. The van der Waals surface area contributed by atoms with Gasteiger partial charge < -0.3 is 9.80 Å². The Morgan fingerprint density at radius 2 is 1.85 bits per heavy atom. The number of carbonyl (C=O) groups is 1. The van der Waals surface area contributed by atoms with Gasteiger partial charge in [-0.1, -0.05) is 18.2 Å². The molecule has 2 saturated heterocycles. The summed E-state index contributed by atoms with van der Waals surface area (Å²) in [4.78, 5) is 22.0. The van der Waals surface area contributed by atoms with Crippen LogP contribution in [0.1, 0.15) is 19.3 Å². The van der Waals surface area contributed by atoms with Crippen molar-refractivity contribution < 1.29 is 4.79 Å². The zero-order valence-corrected chi connectivity index (χ0v) is 16.8. The van der Waals surface area contributed by atoms with Gasteiger partial charge in [0.2, 0.25) is 0 Å². The van der Waals surface area contributed by atoms with Gasteiger partial charge in [-0.25, -0.2) is 0 Å². The summed E-state index contributed by atoms with van der Waals surface area (Å²) in [7, 11) is 2.20. The minimum atomic E-state index is 0.0946. The third-order valence-electron chi connectivity index (χ3n) is 5.79. The van der Waals surface area contributed by atoms with Gasteiger partial charge in [0.1, 0.15) is 0 Å². The highest BCUT2D eigenvalue weighted by Crippen LogP contribution is 2.15. The summed E-state index contributed by atoms with van der Waals surface area (Å²) in [5.41, 5.74) is 1.05. The number of nitrogens with zero attached hydrogens (tertiary/aromatic N) is 4. The number of fused-ring (bicyclic) bond motifs is 3. The van der Waals surface area contributed by atoms with Gasteiger partial charge in [-0.3, -0.25) is 14.6 Å². The molecule has 0 amide bonds. The molecule has 0 spiro atoms. The first-order chi connectivity index (χ1) is 12.6. The highest BCUT2D eigenvalue weighted by atomic mass is 35.5. The predicted octanol–water partition coefficient (Wildman–Crippen LogP) is 1.65. The summed E-state index contributed by atoms with van der Waals surface area (Å²) in [5, 5.41) is 0. The number of Topliss-reactive ketones (excluding diaryl/α,β-unsaturated/α-hetero) is 1. The lowest BCUT2D eigenvalue weighted by atomic mass is 10.0. The second-order valence-electron chi connectivity index (χ2n) is 7.78. The largest absolute Gasteiger partial charge is 0.305 e. The molecule has 2 bridgehead atoms. The zero-order chi connectivity index (χ0) is 18.4. The molecule has 3 aliphatic rings. The molecule has 2 aliphatic heterocycles. The smallest absolute Gasteiger partial charge is 0.163 e. The normalized spacial score (nSPS) is 33.1. The molecule has 146 valence electrons. The lowest BCUT2D eigenvalue weighted by molar-refractivity contribution is -0.115. The van der Waals surface area contributed by atoms with E-state index in [0.717, 1.165) is 83.9 Å². The van der Waals surface area contributed by atoms with Gasteiger partial charge in [0.15, 0.2) is 5.78 Å². The summed E-state index contributed by atoms with van der Waals surface area (Å²) in [5.74, 6) is 0.274. The average molecular weight is 381 g/mol. The van der Waals surface area contributed by atoms with Gasteiger partial charge in [0.05, 0.1) is 5.50 Å². The van der Waals surface area contributed by atoms with E-state index in [1.54, 1.807) is 0 Å². The van der Waals surface area contributed by atoms with Crippen molar-refractivity contribution in [2.24, 2.45) is 0 Å². The van der Waals surface area contributed by atoms with Gasteiger partial charge in [-0.15, -0.1) is 11.6 Å². The summed E-state index contributed by atoms with van der Waals surface area (Å²) in [6, 6.07) is 0. The SMILES string of the molecule is CN1CCC(Cl)N2CCN(CCCN(CC3=CC=CCC3=O)CC2)CC1. The second kappa shape index (κ2) is 10.00. The van der Waals surface area contributed by atoms with Gasteiger partial charge in [-0.05, 0) is 33.0 Å². The molecule has 0 radical (unpaired) electrons. The van der Waals surface area contributed by atoms with Gasteiger partial charge in [0, 0.05) is 64.4 Å². The molecule has 3 rings (SSSR count). The van der Waals surface area contributed by atoms with E-state index in [2.05, 4.69) is 26.6 Å². The van der Waals surface area contributed by atoms with E-state index in [-0.39, 0.29) is 11.3 Å². The molecule has 5 nitrogen and oxygen atoms in total. The molecule has 3 atom stereocenters. The third kappa shape index (κ3) is 5.89. The number of hydrogen-bond donors (Lipinski definition) is 0. The Morgan fingerprint density at radius 3 is 2.69 bits per heavy atom. The summed E-state index contributed by atoms with van der Waals surface area (Å²) >= 11 is 6.75. The molecule has 6 heteroatoms. The van der Waals surface area contributed by atoms with Crippen LogP contribution in [0.4, 0.5) is 0 Å². The van der Waals surface area contributed by atoms with Crippen molar-refractivity contribution in [3.63, 3.8) is 0 Å². The van der Waals surface area contributed by atoms with Crippen LogP contribution in [-0.2, 0) is 4.79 Å². The van der Waals surface area contributed by atoms with Gasteiger partial charge in [-0.2, -0.15) is 0 Å². The first-order valence-electron chi connectivity index (χ1n) is 10.0. The van der Waals surface area contributed by atoms with Crippen molar-refractivity contribution in [1.29, 1.82) is 0 Å². The summed E-state index contributed by atoms with van der Waals surface area (Å²) in [6.45, 7) is 10.3. The fraction of sp³-hybridized carbons (Fsp3) is 0.750. The van der Waals surface area contributed by atoms with Crippen LogP contribution in [0.5, 0.6) is 0 Å². The molecular weight excluding hydrogens is 348 g/mol. The Balaban J connectivity index is 1.66. The number of hydrogen-bond acceptors (Lipinski definition) is 5. The van der Waals surface area contributed by atoms with Crippen LogP contribution in [0, 0.1) is 0 Å². The molecule has 0 aromatic carbocycles. The summed E-state index contributed by atoms with van der Waals surface area (Å²) < 4.78 is 0. The number of halogens is 1. The number of ketones is 1. The highest BCUT2D eigenvalue weighted by molar-refractivity contribution is 6.20. The number of likely N-dealkylation sites (N-methyl/N-ethyl adjacent to an activating group) is 1. The van der Waals surface area contributed by atoms with E-state index < -0.39 is 0 Å². The van der Waals surface area contributed by atoms with E-state index >= 15 is 0 Å². The van der Waals surface area contributed by atoms with Crippen LogP contribution in [-0.4, -0.2) is 103 Å². The predicted molar refractivity (Wildman–Crippen MR) is 108 cm³/mol. The Hall–Kier alpha value is -0.720. The van der Waals surface area contributed by atoms with Crippen LogP contribution in [0.2, 0.25) is 0 Å².